The topological polar surface area (TPSA) is 51.2 Å². The van der Waals surface area contributed by atoms with E-state index in [-0.39, 0.29) is 16.6 Å². The van der Waals surface area contributed by atoms with E-state index in [0.717, 1.165) is 10.0 Å². The minimum absolute atomic E-state index is 0.184. The van der Waals surface area contributed by atoms with Gasteiger partial charge in [-0.2, -0.15) is 0 Å². The second kappa shape index (κ2) is 5.97. The molecule has 2 aromatic rings. The molecule has 1 fully saturated rings. The molecule has 1 aliphatic rings. The minimum Gasteiger partial charge on any atom is -0.298 e. The van der Waals surface area contributed by atoms with Crippen molar-refractivity contribution in [1.82, 2.24) is 0 Å². The van der Waals surface area contributed by atoms with Crippen molar-refractivity contribution < 1.29 is 13.2 Å². The van der Waals surface area contributed by atoms with Crippen LogP contribution in [0.25, 0.3) is 0 Å². The van der Waals surface area contributed by atoms with Crippen LogP contribution in [0.3, 0.4) is 0 Å². The zero-order chi connectivity index (χ0) is 15.7. The van der Waals surface area contributed by atoms with Gasteiger partial charge in [0.15, 0.2) is 15.6 Å². The molecule has 0 amide bonds. The molecule has 3 rings (SSSR count). The highest BCUT2D eigenvalue weighted by atomic mass is 79.9. The predicted octanol–water partition coefficient (Wildman–Crippen LogP) is 3.74. The highest BCUT2D eigenvalue weighted by Crippen LogP contribution is 2.39. The third-order valence-corrected chi connectivity index (χ3v) is 6.81. The Morgan fingerprint density at radius 1 is 0.955 bits per heavy atom. The Morgan fingerprint density at radius 2 is 1.59 bits per heavy atom. The van der Waals surface area contributed by atoms with E-state index in [1.54, 1.807) is 24.3 Å². The first-order chi connectivity index (χ1) is 10.5. The zero-order valence-electron chi connectivity index (χ0n) is 11.8. The van der Waals surface area contributed by atoms with Crippen molar-refractivity contribution in [2.24, 2.45) is 0 Å². The summed E-state index contributed by atoms with van der Waals surface area (Å²) in [5, 5.41) is -0.976. The molecular weight excluding hydrogens is 364 g/mol. The fraction of sp³-hybridized carbons (Fsp3) is 0.235. The molecule has 0 bridgehead atoms. The second-order valence-corrected chi connectivity index (χ2v) is 8.43. The Kier molecular flexibility index (Phi) is 4.19. The van der Waals surface area contributed by atoms with E-state index in [4.69, 9.17) is 0 Å². The van der Waals surface area contributed by atoms with E-state index < -0.39 is 15.1 Å². The summed E-state index contributed by atoms with van der Waals surface area (Å²) in [4.78, 5) is 12.5. The molecule has 2 atom stereocenters. The van der Waals surface area contributed by atoms with Gasteiger partial charge in [-0.25, -0.2) is 8.42 Å². The van der Waals surface area contributed by atoms with E-state index >= 15 is 0 Å². The maximum Gasteiger partial charge on any atom is 0.188 e. The molecule has 114 valence electrons. The van der Waals surface area contributed by atoms with Crippen LogP contribution in [-0.2, 0) is 14.6 Å². The average molecular weight is 379 g/mol. The van der Waals surface area contributed by atoms with Crippen molar-refractivity contribution in [3.63, 3.8) is 0 Å². The summed E-state index contributed by atoms with van der Waals surface area (Å²) in [6, 6.07) is 15.9. The molecule has 0 unspecified atom stereocenters. The fourth-order valence-electron chi connectivity index (χ4n) is 3.02. The van der Waals surface area contributed by atoms with Crippen LogP contribution in [0.2, 0.25) is 0 Å². The van der Waals surface area contributed by atoms with Gasteiger partial charge in [-0.05, 0) is 36.2 Å². The van der Waals surface area contributed by atoms with Gasteiger partial charge >= 0.3 is 0 Å². The lowest BCUT2D eigenvalue weighted by atomic mass is 9.97. The average Bonchev–Trinajstić information content (AvgIpc) is 2.91. The first-order valence-corrected chi connectivity index (χ1v) is 9.41. The lowest BCUT2D eigenvalue weighted by Crippen LogP contribution is -2.30. The molecule has 22 heavy (non-hydrogen) atoms. The number of ketones is 1. The molecule has 0 heterocycles. The van der Waals surface area contributed by atoms with E-state index in [1.807, 2.05) is 30.3 Å². The summed E-state index contributed by atoms with van der Waals surface area (Å²) < 4.78 is 26.6. The fourth-order valence-corrected chi connectivity index (χ4v) is 5.28. The lowest BCUT2D eigenvalue weighted by molar-refractivity contribution is -0.117. The normalized spacial score (nSPS) is 22.0. The van der Waals surface area contributed by atoms with E-state index in [2.05, 4.69) is 15.9 Å². The summed E-state index contributed by atoms with van der Waals surface area (Å²) in [5.74, 6) is -0.445. The van der Waals surface area contributed by atoms with E-state index in [9.17, 15) is 13.2 Å². The van der Waals surface area contributed by atoms with Crippen LogP contribution in [0, 0.1) is 0 Å². The first-order valence-electron chi connectivity index (χ1n) is 7.07. The second-order valence-electron chi connectivity index (χ2n) is 5.44. The summed E-state index contributed by atoms with van der Waals surface area (Å²) >= 11 is 3.29. The summed E-state index contributed by atoms with van der Waals surface area (Å²) in [7, 11) is -3.67. The monoisotopic (exact) mass is 378 g/mol. The van der Waals surface area contributed by atoms with Gasteiger partial charge in [-0.15, -0.1) is 0 Å². The van der Waals surface area contributed by atoms with Gasteiger partial charge in [-0.1, -0.05) is 46.3 Å². The number of carbonyl (C=O) groups is 1. The Bertz CT molecular complexity index is 782. The largest absolute Gasteiger partial charge is 0.298 e. The van der Waals surface area contributed by atoms with Gasteiger partial charge < -0.3 is 0 Å². The molecule has 5 heteroatoms. The molecule has 0 N–H and O–H groups in total. The zero-order valence-corrected chi connectivity index (χ0v) is 14.2. The minimum atomic E-state index is -3.67. The Hall–Kier alpha value is -1.46. The van der Waals surface area contributed by atoms with Crippen LogP contribution in [0.5, 0.6) is 0 Å². The van der Waals surface area contributed by atoms with Gasteiger partial charge in [0, 0.05) is 16.8 Å². The smallest absolute Gasteiger partial charge is 0.188 e. The Labute approximate surface area is 138 Å². The lowest BCUT2D eigenvalue weighted by Gasteiger charge is -2.19. The molecule has 3 nitrogen and oxygen atoms in total. The molecular formula is C17H15BrO3S. The molecule has 0 aliphatic heterocycles. The van der Waals surface area contributed by atoms with Crippen LogP contribution < -0.4 is 0 Å². The number of rotatable bonds is 3. The number of sulfone groups is 1. The molecule has 0 saturated heterocycles. The van der Waals surface area contributed by atoms with Crippen LogP contribution in [0.15, 0.2) is 64.0 Å². The number of carbonyl (C=O) groups excluding carboxylic acids is 1. The van der Waals surface area contributed by atoms with Crippen molar-refractivity contribution >= 4 is 31.6 Å². The third kappa shape index (κ3) is 2.75. The molecule has 2 aromatic carbocycles. The number of Topliss-reactive ketones (excluding diaryl/α,β-unsaturated/α-hetero) is 1. The van der Waals surface area contributed by atoms with E-state index in [1.165, 1.54) is 0 Å². The van der Waals surface area contributed by atoms with Crippen LogP contribution >= 0.6 is 15.9 Å². The Morgan fingerprint density at radius 3 is 2.23 bits per heavy atom. The maximum atomic E-state index is 12.9. The predicted molar refractivity (Wildman–Crippen MR) is 88.5 cm³/mol. The Balaban J connectivity index is 2.03. The van der Waals surface area contributed by atoms with Crippen molar-refractivity contribution in [3.05, 3.63) is 64.6 Å². The van der Waals surface area contributed by atoms with Crippen LogP contribution in [0.4, 0.5) is 0 Å². The van der Waals surface area contributed by atoms with Gasteiger partial charge in [-0.3, -0.25) is 4.79 Å². The standard InChI is InChI=1S/C17H15BrO3S/c18-13-6-8-14(9-7-13)22(20,21)17-15(10-11-16(17)19)12-4-2-1-3-5-12/h1-9,15,17H,10-11H2/t15-,17-/m1/s1. The number of hydrogen-bond donors (Lipinski definition) is 0. The highest BCUT2D eigenvalue weighted by molar-refractivity contribution is 9.10. The van der Waals surface area contributed by atoms with Crippen LogP contribution in [-0.4, -0.2) is 19.5 Å². The quantitative estimate of drug-likeness (QED) is 0.817. The molecule has 0 spiro atoms. The van der Waals surface area contributed by atoms with Crippen molar-refractivity contribution in [2.45, 2.75) is 28.9 Å². The highest BCUT2D eigenvalue weighted by Gasteiger charge is 2.45. The first kappa shape index (κ1) is 15.4. The van der Waals surface area contributed by atoms with Crippen molar-refractivity contribution in [1.29, 1.82) is 0 Å². The molecule has 1 saturated carbocycles. The van der Waals surface area contributed by atoms with Crippen molar-refractivity contribution in [2.75, 3.05) is 0 Å². The summed E-state index contributed by atoms with van der Waals surface area (Å²) in [6.07, 6.45) is 0.906. The van der Waals surface area contributed by atoms with Gasteiger partial charge in [0.05, 0.1) is 4.90 Å². The summed E-state index contributed by atoms with van der Waals surface area (Å²) in [5.41, 5.74) is 0.916. The molecule has 0 radical (unpaired) electrons. The van der Waals surface area contributed by atoms with Gasteiger partial charge in [0.1, 0.15) is 5.25 Å². The van der Waals surface area contributed by atoms with Crippen molar-refractivity contribution in [3.8, 4) is 0 Å². The van der Waals surface area contributed by atoms with E-state index in [0.29, 0.717) is 12.8 Å². The number of hydrogen-bond acceptors (Lipinski definition) is 3. The SMILES string of the molecule is O=C1CC[C@H](c2ccccc2)[C@H]1S(=O)(=O)c1ccc(Br)cc1. The summed E-state index contributed by atoms with van der Waals surface area (Å²) in [6.45, 7) is 0. The third-order valence-electron chi connectivity index (χ3n) is 4.09. The van der Waals surface area contributed by atoms with Crippen LogP contribution in [0.1, 0.15) is 24.3 Å². The van der Waals surface area contributed by atoms with Gasteiger partial charge in [0.25, 0.3) is 0 Å². The maximum absolute atomic E-state index is 12.9. The molecule has 1 aliphatic carbocycles. The number of halogens is 1. The molecule has 0 aromatic heterocycles. The number of benzene rings is 2. The van der Waals surface area contributed by atoms with Gasteiger partial charge in [0.2, 0.25) is 0 Å².